The lowest BCUT2D eigenvalue weighted by molar-refractivity contribution is -0.0979. The molecule has 2 aromatic rings. The van der Waals surface area contributed by atoms with Gasteiger partial charge in [0.05, 0.1) is 6.10 Å². The van der Waals surface area contributed by atoms with Gasteiger partial charge in [0, 0.05) is 29.2 Å². The molecule has 30 heavy (non-hydrogen) atoms. The van der Waals surface area contributed by atoms with E-state index in [1.165, 1.54) is 42.3 Å². The molecule has 0 aliphatic heterocycles. The number of fused-ring (bicyclic) bond motifs is 1. The van der Waals surface area contributed by atoms with Crippen LogP contribution in [-0.2, 0) is 4.79 Å². The second-order valence-corrected chi connectivity index (χ2v) is 7.91. The van der Waals surface area contributed by atoms with Crippen LogP contribution < -0.4 is 5.32 Å². The molecule has 0 saturated heterocycles. The molecule has 0 amide bonds. The van der Waals surface area contributed by atoms with Gasteiger partial charge in [-0.15, -0.1) is 0 Å². The van der Waals surface area contributed by atoms with Gasteiger partial charge in [-0.2, -0.15) is 0 Å². The largest absolute Gasteiger partial charge is 0.392 e. The van der Waals surface area contributed by atoms with Crippen molar-refractivity contribution >= 4 is 17.8 Å². The van der Waals surface area contributed by atoms with Crippen LogP contribution in [0.15, 0.2) is 30.5 Å². The van der Waals surface area contributed by atoms with E-state index < -0.39 is 0 Å². The highest BCUT2D eigenvalue weighted by Crippen LogP contribution is 2.33. The smallest absolute Gasteiger partial charge is 0.137 e. The van der Waals surface area contributed by atoms with Crippen molar-refractivity contribution in [2.45, 2.75) is 84.3 Å². The summed E-state index contributed by atoms with van der Waals surface area (Å²) in [6.07, 6.45) is 13.6. The molecule has 1 fully saturated rings. The van der Waals surface area contributed by atoms with E-state index in [4.69, 9.17) is 4.79 Å². The fourth-order valence-corrected chi connectivity index (χ4v) is 4.17. The second-order valence-electron chi connectivity index (χ2n) is 7.91. The number of hydrogen-bond acceptors (Lipinski definition) is 4. The van der Waals surface area contributed by atoms with Crippen LogP contribution in [0.25, 0.3) is 11.0 Å². The minimum atomic E-state index is -0.0938. The standard InChI is InChI=1S/C15H18N2.C7H15NO.C2H6.CH2O/c1-10-3-5-12(6-4-10)13-7-8-16-15-14(13)9-11(2)17-15;1-8-6-4-2-3-5-7(6)9;2*1-2/h3,5,7-10,12H,4,6H2,1-2H3,(H,16,17);6-9H,2-5H2,1H3;1-2H3;1H2. The van der Waals surface area contributed by atoms with Crippen molar-refractivity contribution in [3.05, 3.63) is 41.7 Å². The zero-order valence-corrected chi connectivity index (χ0v) is 19.4. The number of aliphatic hydroxyl groups excluding tert-OH is 1. The summed E-state index contributed by atoms with van der Waals surface area (Å²) in [5.74, 6) is 1.29. The van der Waals surface area contributed by atoms with Crippen molar-refractivity contribution in [3.63, 3.8) is 0 Å². The minimum Gasteiger partial charge on any atom is -0.392 e. The Kier molecular flexibility index (Phi) is 12.2. The molecule has 4 atom stereocenters. The number of nitrogens with zero attached hydrogens (tertiary/aromatic N) is 1. The molecule has 5 heteroatoms. The van der Waals surface area contributed by atoms with E-state index in [0.717, 1.165) is 24.4 Å². The van der Waals surface area contributed by atoms with Gasteiger partial charge in [-0.05, 0) is 63.3 Å². The molecule has 0 aromatic carbocycles. The van der Waals surface area contributed by atoms with Crippen LogP contribution in [-0.4, -0.2) is 41.1 Å². The summed E-state index contributed by atoms with van der Waals surface area (Å²) >= 11 is 0. The monoisotopic (exact) mass is 415 g/mol. The molecule has 0 bridgehead atoms. The number of H-pyrrole nitrogens is 1. The molecule has 4 unspecified atom stereocenters. The summed E-state index contributed by atoms with van der Waals surface area (Å²) < 4.78 is 0. The maximum Gasteiger partial charge on any atom is 0.137 e. The maximum atomic E-state index is 9.31. The molecule has 168 valence electrons. The summed E-state index contributed by atoms with van der Waals surface area (Å²) in [7, 11) is 1.92. The Hall–Kier alpha value is -1.98. The van der Waals surface area contributed by atoms with Crippen molar-refractivity contribution < 1.29 is 9.90 Å². The predicted molar refractivity (Wildman–Crippen MR) is 127 cm³/mol. The topological polar surface area (TPSA) is 78.0 Å². The van der Waals surface area contributed by atoms with Crippen LogP contribution in [0.4, 0.5) is 0 Å². The van der Waals surface area contributed by atoms with Crippen LogP contribution in [0.2, 0.25) is 0 Å². The number of pyridine rings is 1. The third-order valence-corrected chi connectivity index (χ3v) is 5.80. The zero-order valence-electron chi connectivity index (χ0n) is 19.4. The van der Waals surface area contributed by atoms with Crippen LogP contribution in [0, 0.1) is 12.8 Å². The number of aromatic amines is 1. The third kappa shape index (κ3) is 7.37. The molecule has 4 rings (SSSR count). The zero-order chi connectivity index (χ0) is 22.5. The van der Waals surface area contributed by atoms with E-state index in [0.29, 0.717) is 12.0 Å². The van der Waals surface area contributed by atoms with Crippen LogP contribution >= 0.6 is 0 Å². The summed E-state index contributed by atoms with van der Waals surface area (Å²) in [6.45, 7) is 10.4. The molecule has 5 nitrogen and oxygen atoms in total. The number of carbonyl (C=O) groups excluding carboxylic acids is 1. The predicted octanol–water partition coefficient (Wildman–Crippen LogP) is 5.29. The van der Waals surface area contributed by atoms with Crippen molar-refractivity contribution in [1.82, 2.24) is 15.3 Å². The Balaban J connectivity index is 0.000000294. The number of aliphatic hydroxyl groups is 1. The van der Waals surface area contributed by atoms with Gasteiger partial charge in [-0.3, -0.25) is 0 Å². The molecule has 3 N–H and O–H groups in total. The van der Waals surface area contributed by atoms with Gasteiger partial charge in [0.2, 0.25) is 0 Å². The Morgan fingerprint density at radius 1 is 1.13 bits per heavy atom. The molecular weight excluding hydrogens is 374 g/mol. The van der Waals surface area contributed by atoms with E-state index in [9.17, 15) is 5.11 Å². The van der Waals surface area contributed by atoms with Crippen LogP contribution in [0.5, 0.6) is 0 Å². The number of nitrogens with one attached hydrogen (secondary N) is 2. The number of rotatable bonds is 2. The minimum absolute atomic E-state index is 0.0938. The molecule has 0 radical (unpaired) electrons. The highest BCUT2D eigenvalue weighted by molar-refractivity contribution is 5.81. The highest BCUT2D eigenvalue weighted by Gasteiger charge is 2.20. The first kappa shape index (κ1) is 26.1. The number of hydrogen-bond donors (Lipinski definition) is 3. The van der Waals surface area contributed by atoms with Gasteiger partial charge in [0.25, 0.3) is 0 Å². The van der Waals surface area contributed by atoms with Gasteiger partial charge >= 0.3 is 0 Å². The summed E-state index contributed by atoms with van der Waals surface area (Å²) in [6, 6.07) is 4.74. The van der Waals surface area contributed by atoms with Gasteiger partial charge in [0.15, 0.2) is 0 Å². The Morgan fingerprint density at radius 2 is 1.83 bits per heavy atom. The first-order chi connectivity index (χ1) is 14.6. The lowest BCUT2D eigenvalue weighted by atomic mass is 9.84. The second kappa shape index (κ2) is 14.1. The maximum absolute atomic E-state index is 9.31. The summed E-state index contributed by atoms with van der Waals surface area (Å²) in [5.41, 5.74) is 3.63. The van der Waals surface area contributed by atoms with E-state index >= 15 is 0 Å². The van der Waals surface area contributed by atoms with Gasteiger partial charge in [0.1, 0.15) is 12.4 Å². The van der Waals surface area contributed by atoms with Gasteiger partial charge < -0.3 is 20.2 Å². The van der Waals surface area contributed by atoms with E-state index in [-0.39, 0.29) is 6.10 Å². The Bertz CT molecular complexity index is 756. The molecule has 0 spiro atoms. The number of carbonyl (C=O) groups is 1. The molecule has 2 aliphatic rings. The first-order valence-corrected chi connectivity index (χ1v) is 11.3. The third-order valence-electron chi connectivity index (χ3n) is 5.80. The SMILES string of the molecule is C=O.CC.CNC1CCCCC1O.Cc1cc2c(C3C=CC(C)CC3)ccnc2[nH]1. The van der Waals surface area contributed by atoms with Crippen molar-refractivity contribution in [1.29, 1.82) is 0 Å². The Morgan fingerprint density at radius 3 is 2.40 bits per heavy atom. The molecular formula is C25H41N3O2. The number of allylic oxidation sites excluding steroid dienone is 2. The summed E-state index contributed by atoms with van der Waals surface area (Å²) in [5, 5.41) is 13.7. The number of likely N-dealkylation sites (N-methyl/N-ethyl adjacent to an activating group) is 1. The molecule has 2 heterocycles. The lowest BCUT2D eigenvalue weighted by Crippen LogP contribution is -2.39. The van der Waals surface area contributed by atoms with Crippen LogP contribution in [0.1, 0.15) is 76.5 Å². The van der Waals surface area contributed by atoms with Crippen LogP contribution in [0.3, 0.4) is 0 Å². The fraction of sp³-hybridized carbons (Fsp3) is 0.600. The quantitative estimate of drug-likeness (QED) is 0.582. The van der Waals surface area contributed by atoms with Gasteiger partial charge in [-0.1, -0.05) is 45.8 Å². The fourth-order valence-electron chi connectivity index (χ4n) is 4.17. The summed E-state index contributed by atoms with van der Waals surface area (Å²) in [4.78, 5) is 15.7. The van der Waals surface area contributed by atoms with E-state index in [2.05, 4.69) is 53.4 Å². The Labute approximate surface area is 182 Å². The van der Waals surface area contributed by atoms with Crippen molar-refractivity contribution in [2.24, 2.45) is 5.92 Å². The average molecular weight is 416 g/mol. The van der Waals surface area contributed by atoms with E-state index in [1.807, 2.05) is 33.9 Å². The highest BCUT2D eigenvalue weighted by atomic mass is 16.3. The molecule has 2 aliphatic carbocycles. The molecule has 1 saturated carbocycles. The molecule has 2 aromatic heterocycles. The van der Waals surface area contributed by atoms with Gasteiger partial charge in [-0.25, -0.2) is 4.98 Å². The lowest BCUT2D eigenvalue weighted by Gasteiger charge is -2.26. The van der Waals surface area contributed by atoms with Crippen molar-refractivity contribution in [3.8, 4) is 0 Å². The van der Waals surface area contributed by atoms with E-state index in [1.54, 1.807) is 0 Å². The first-order valence-electron chi connectivity index (χ1n) is 11.3. The van der Waals surface area contributed by atoms with Crippen molar-refractivity contribution in [2.75, 3.05) is 7.05 Å². The average Bonchev–Trinajstić information content (AvgIpc) is 3.18. The number of aromatic nitrogens is 2. The normalized spacial score (nSPS) is 25.1. The number of aryl methyl sites for hydroxylation is 1.